The zero-order valence-corrected chi connectivity index (χ0v) is 20.7. The Labute approximate surface area is 214 Å². The molecule has 0 bridgehead atoms. The minimum Gasteiger partial charge on any atom is -0.497 e. The molecule has 2 amide bonds. The molecule has 37 heavy (non-hydrogen) atoms. The van der Waals surface area contributed by atoms with Gasteiger partial charge in [-0.25, -0.2) is 0 Å². The molecule has 4 aliphatic heterocycles. The van der Waals surface area contributed by atoms with Gasteiger partial charge in [0.15, 0.2) is 5.78 Å². The molecule has 2 saturated heterocycles. The van der Waals surface area contributed by atoms with E-state index < -0.39 is 16.9 Å². The number of carbonyl (C=O) groups is 3. The number of amides is 2. The number of Topliss-reactive ketones (excluding diaryl/α,β-unsaturated/α-hetero) is 1. The van der Waals surface area contributed by atoms with Gasteiger partial charge in [-0.1, -0.05) is 48.0 Å². The van der Waals surface area contributed by atoms with Crippen molar-refractivity contribution in [1.29, 1.82) is 0 Å². The van der Waals surface area contributed by atoms with Crippen LogP contribution in [0.1, 0.15) is 39.9 Å². The summed E-state index contributed by atoms with van der Waals surface area (Å²) in [5, 5.41) is 6.17. The Balaban J connectivity index is 1.58. The van der Waals surface area contributed by atoms with Gasteiger partial charge in [-0.05, 0) is 56.1 Å². The summed E-state index contributed by atoms with van der Waals surface area (Å²) < 4.78 is 5.41. The van der Waals surface area contributed by atoms with Crippen LogP contribution in [0.2, 0.25) is 0 Å². The number of methoxy groups -OCH3 is 1. The topological polar surface area (TPSA) is 87.7 Å². The molecule has 2 fully saturated rings. The first-order valence-corrected chi connectivity index (χ1v) is 12.7. The maximum atomic E-state index is 14.6. The maximum absolute atomic E-state index is 14.6. The average Bonchev–Trinajstić information content (AvgIpc) is 3.62. The van der Waals surface area contributed by atoms with Crippen LogP contribution >= 0.6 is 0 Å². The van der Waals surface area contributed by atoms with Crippen LogP contribution in [0.25, 0.3) is 0 Å². The molecule has 0 saturated carbocycles. The van der Waals surface area contributed by atoms with Crippen molar-refractivity contribution in [3.63, 3.8) is 0 Å². The molecule has 4 atom stereocenters. The number of hydrogen-bond donors (Lipinski definition) is 2. The number of ketones is 1. The van der Waals surface area contributed by atoms with Crippen molar-refractivity contribution < 1.29 is 19.1 Å². The lowest BCUT2D eigenvalue weighted by molar-refractivity contribution is -0.137. The fourth-order valence-electron chi connectivity index (χ4n) is 7.65. The van der Waals surface area contributed by atoms with Gasteiger partial charge in [0.25, 0.3) is 5.91 Å². The smallest absolute Gasteiger partial charge is 0.251 e. The standard InChI is InChI=1S/C30H27N3O4/c1-17-12-13-23-21(15-17)30(28(36)32-23)29(20-9-3-4-10-22(20)31-27(29)35)25(24-11-6-14-33(24)30)26(34)18-7-5-8-19(16-18)37-2/h3-5,7-10,12-13,15-16,24-25H,6,11,14H2,1-2H3,(H,31,35)(H,32,36)/t24-,25-,29-,30+/m0/s1. The van der Waals surface area contributed by atoms with Crippen LogP contribution in [0, 0.1) is 12.8 Å². The highest BCUT2D eigenvalue weighted by atomic mass is 16.5. The summed E-state index contributed by atoms with van der Waals surface area (Å²) in [6, 6.07) is 20.2. The molecule has 2 N–H and O–H groups in total. The van der Waals surface area contributed by atoms with Gasteiger partial charge in [-0.15, -0.1) is 0 Å². The molecule has 0 unspecified atom stereocenters. The van der Waals surface area contributed by atoms with E-state index in [1.165, 1.54) is 0 Å². The van der Waals surface area contributed by atoms with E-state index in [9.17, 15) is 14.4 Å². The van der Waals surface area contributed by atoms with Crippen LogP contribution in [0.4, 0.5) is 11.4 Å². The number of carbonyl (C=O) groups excluding carboxylic acids is 3. The number of nitrogens with zero attached hydrogens (tertiary/aromatic N) is 1. The molecular formula is C30H27N3O4. The molecule has 7 heteroatoms. The quantitative estimate of drug-likeness (QED) is 0.538. The third kappa shape index (κ3) is 2.52. The van der Waals surface area contributed by atoms with E-state index in [0.29, 0.717) is 34.8 Å². The zero-order valence-electron chi connectivity index (χ0n) is 20.7. The number of para-hydroxylation sites is 1. The normalized spacial score (nSPS) is 29.2. The molecule has 7 nitrogen and oxygen atoms in total. The summed E-state index contributed by atoms with van der Waals surface area (Å²) >= 11 is 0. The van der Waals surface area contributed by atoms with Gasteiger partial charge in [0.1, 0.15) is 16.7 Å². The molecule has 186 valence electrons. The average molecular weight is 494 g/mol. The first-order valence-electron chi connectivity index (χ1n) is 12.7. The summed E-state index contributed by atoms with van der Waals surface area (Å²) in [5.41, 5.74) is 1.54. The fourth-order valence-corrected chi connectivity index (χ4v) is 7.65. The van der Waals surface area contributed by atoms with Gasteiger partial charge < -0.3 is 15.4 Å². The SMILES string of the molecule is COc1cccc(C(=O)[C@@H]2[C@@H]3CCCN3[C@]3(C(=O)Nc4ccc(C)cc43)[C@]23C(=O)Nc2ccccc23)c1. The summed E-state index contributed by atoms with van der Waals surface area (Å²) in [5.74, 6) is -0.871. The fraction of sp³-hybridized carbons (Fsp3) is 0.300. The number of ether oxygens (including phenoxy) is 1. The van der Waals surface area contributed by atoms with Gasteiger partial charge in [0.2, 0.25) is 5.91 Å². The minimum absolute atomic E-state index is 0.145. The van der Waals surface area contributed by atoms with Crippen LogP contribution in [0.3, 0.4) is 0 Å². The van der Waals surface area contributed by atoms with Crippen molar-refractivity contribution >= 4 is 29.0 Å². The predicted molar refractivity (Wildman–Crippen MR) is 139 cm³/mol. The Morgan fingerprint density at radius 2 is 1.73 bits per heavy atom. The van der Waals surface area contributed by atoms with Crippen LogP contribution in [0.5, 0.6) is 5.75 Å². The molecular weight excluding hydrogens is 466 g/mol. The van der Waals surface area contributed by atoms with E-state index in [2.05, 4.69) is 15.5 Å². The van der Waals surface area contributed by atoms with Crippen LogP contribution < -0.4 is 15.4 Å². The Morgan fingerprint density at radius 3 is 2.57 bits per heavy atom. The Bertz CT molecular complexity index is 1520. The molecule has 0 radical (unpaired) electrons. The van der Waals surface area contributed by atoms with Gasteiger partial charge in [0.05, 0.1) is 13.0 Å². The second kappa shape index (κ2) is 7.52. The second-order valence-corrected chi connectivity index (χ2v) is 10.5. The van der Waals surface area contributed by atoms with Crippen LogP contribution in [-0.4, -0.2) is 42.2 Å². The van der Waals surface area contributed by atoms with Crippen LogP contribution in [0.15, 0.2) is 66.7 Å². The number of anilines is 2. The van der Waals surface area contributed by atoms with Gasteiger partial charge in [0, 0.05) is 28.5 Å². The summed E-state index contributed by atoms with van der Waals surface area (Å²) in [7, 11) is 1.57. The Kier molecular flexibility index (Phi) is 4.52. The minimum atomic E-state index is -1.43. The van der Waals surface area contributed by atoms with E-state index in [4.69, 9.17) is 4.74 Å². The number of aryl methyl sites for hydroxylation is 1. The molecule has 4 heterocycles. The molecule has 3 aromatic rings. The van der Waals surface area contributed by atoms with Crippen molar-refractivity contribution in [2.75, 3.05) is 24.3 Å². The second-order valence-electron chi connectivity index (χ2n) is 10.5. The summed E-state index contributed by atoms with van der Waals surface area (Å²) in [6.45, 7) is 2.62. The molecule has 4 aliphatic rings. The van der Waals surface area contributed by atoms with E-state index in [1.807, 2.05) is 49.4 Å². The highest BCUT2D eigenvalue weighted by Crippen LogP contribution is 2.67. The third-order valence-electron chi connectivity index (χ3n) is 8.89. The first kappa shape index (κ1) is 22.2. The monoisotopic (exact) mass is 493 g/mol. The number of benzene rings is 3. The number of hydrogen-bond acceptors (Lipinski definition) is 5. The Morgan fingerprint density at radius 1 is 0.946 bits per heavy atom. The lowest BCUT2D eigenvalue weighted by atomic mass is 9.57. The van der Waals surface area contributed by atoms with Crippen molar-refractivity contribution in [1.82, 2.24) is 4.90 Å². The van der Waals surface area contributed by atoms with E-state index >= 15 is 0 Å². The molecule has 0 aromatic heterocycles. The lowest BCUT2D eigenvalue weighted by Gasteiger charge is -2.43. The predicted octanol–water partition coefficient (Wildman–Crippen LogP) is 4.02. The van der Waals surface area contributed by atoms with Crippen molar-refractivity contribution in [3.8, 4) is 5.75 Å². The zero-order chi connectivity index (χ0) is 25.5. The first-order chi connectivity index (χ1) is 17.9. The van der Waals surface area contributed by atoms with Gasteiger partial charge >= 0.3 is 0 Å². The summed E-state index contributed by atoms with van der Waals surface area (Å²) in [4.78, 5) is 45.6. The van der Waals surface area contributed by atoms with E-state index in [-0.39, 0.29) is 23.6 Å². The number of nitrogens with one attached hydrogen (secondary N) is 2. The Hall–Kier alpha value is -3.97. The van der Waals surface area contributed by atoms with E-state index in [1.54, 1.807) is 31.4 Å². The number of fused-ring (bicyclic) bond motifs is 7. The van der Waals surface area contributed by atoms with Crippen molar-refractivity contribution in [2.45, 2.75) is 36.8 Å². The largest absolute Gasteiger partial charge is 0.497 e. The highest BCUT2D eigenvalue weighted by molar-refractivity contribution is 6.21. The molecule has 7 rings (SSSR count). The van der Waals surface area contributed by atoms with E-state index in [0.717, 1.165) is 24.0 Å². The molecule has 2 spiro atoms. The lowest BCUT2D eigenvalue weighted by Crippen LogP contribution is -2.62. The summed E-state index contributed by atoms with van der Waals surface area (Å²) in [6.07, 6.45) is 1.58. The van der Waals surface area contributed by atoms with Gasteiger partial charge in [-0.2, -0.15) is 0 Å². The van der Waals surface area contributed by atoms with Crippen LogP contribution in [-0.2, 0) is 20.5 Å². The number of rotatable bonds is 3. The third-order valence-corrected chi connectivity index (χ3v) is 8.89. The molecule has 0 aliphatic carbocycles. The van der Waals surface area contributed by atoms with Crippen molar-refractivity contribution in [3.05, 3.63) is 89.0 Å². The van der Waals surface area contributed by atoms with Gasteiger partial charge in [-0.3, -0.25) is 19.3 Å². The van der Waals surface area contributed by atoms with Crippen molar-refractivity contribution in [2.24, 2.45) is 5.92 Å². The highest BCUT2D eigenvalue weighted by Gasteiger charge is 2.81. The maximum Gasteiger partial charge on any atom is 0.251 e. The molecule has 3 aromatic carbocycles.